The summed E-state index contributed by atoms with van der Waals surface area (Å²) < 4.78 is 70.9. The molecule has 1 fully saturated rings. The van der Waals surface area contributed by atoms with Crippen LogP contribution >= 0.6 is 0 Å². The number of anilines is 1. The average Bonchev–Trinajstić information content (AvgIpc) is 3.54. The van der Waals surface area contributed by atoms with Crippen molar-refractivity contribution in [3.8, 4) is 0 Å². The predicted octanol–water partition coefficient (Wildman–Crippen LogP) is 4.05. The molecule has 0 aromatic heterocycles. The van der Waals surface area contributed by atoms with Gasteiger partial charge in [-0.05, 0) is 67.6 Å². The summed E-state index contributed by atoms with van der Waals surface area (Å²) in [4.78, 5) is 12.0. The number of rotatable bonds is 10. The molecule has 6 nitrogen and oxygen atoms in total. The number of benzene rings is 2. The molecule has 2 N–H and O–H groups in total. The lowest BCUT2D eigenvalue weighted by Crippen LogP contribution is -2.25. The second-order valence-electron chi connectivity index (χ2n) is 7.34. The number of amides is 1. The van der Waals surface area contributed by atoms with E-state index in [1.807, 2.05) is 0 Å². The summed E-state index contributed by atoms with van der Waals surface area (Å²) in [5, 5.41) is 2.73. The van der Waals surface area contributed by atoms with Gasteiger partial charge in [0.1, 0.15) is 0 Å². The topological polar surface area (TPSA) is 84.5 Å². The maximum atomic E-state index is 12.8. The highest BCUT2D eigenvalue weighted by Gasteiger charge is 2.30. The lowest BCUT2D eigenvalue weighted by atomic mass is 10.2. The van der Waals surface area contributed by atoms with Crippen LogP contribution < -0.4 is 10.0 Å². The number of carbonyl (C=O) groups is 1. The number of nitrogens with one attached hydrogen (secondary N) is 2. The molecule has 3 rings (SSSR count). The maximum Gasteiger partial charge on any atom is 0.416 e. The average molecular weight is 456 g/mol. The largest absolute Gasteiger partial charge is 0.416 e. The molecule has 1 aliphatic rings. The number of hydrogen-bond donors (Lipinski definition) is 2. The predicted molar refractivity (Wildman–Crippen MR) is 109 cm³/mol. The third-order valence-corrected chi connectivity index (χ3v) is 6.07. The summed E-state index contributed by atoms with van der Waals surface area (Å²) in [5.41, 5.74) is -0.893. The van der Waals surface area contributed by atoms with Crippen molar-refractivity contribution >= 4 is 21.6 Å². The monoisotopic (exact) mass is 456 g/mol. The standard InChI is InChI=1S/C21H23F3N2O4S/c22-21(23,24)17-3-1-4-18(13-17)26-31(28,29)19-9-7-16(8-10-19)20(27)25-11-2-12-30-14-15-5-6-15/h1,3-4,7-10,13,15,26H,2,5-6,11-12,14H2,(H,25,27). The molecule has 0 heterocycles. The molecule has 10 heteroatoms. The van der Waals surface area contributed by atoms with E-state index >= 15 is 0 Å². The summed E-state index contributed by atoms with van der Waals surface area (Å²) in [6, 6.07) is 9.05. The Balaban J connectivity index is 1.53. The third-order valence-electron chi connectivity index (χ3n) is 4.67. The molecular weight excluding hydrogens is 433 g/mol. The smallest absolute Gasteiger partial charge is 0.381 e. The van der Waals surface area contributed by atoms with Gasteiger partial charge in [0, 0.05) is 31.0 Å². The molecule has 2 aromatic rings. The number of carbonyl (C=O) groups excluding carboxylic acids is 1. The molecule has 0 aliphatic heterocycles. The Hall–Kier alpha value is -2.59. The van der Waals surface area contributed by atoms with Gasteiger partial charge in [-0.2, -0.15) is 13.2 Å². The second-order valence-corrected chi connectivity index (χ2v) is 9.02. The Morgan fingerprint density at radius 2 is 1.81 bits per heavy atom. The van der Waals surface area contributed by atoms with Crippen molar-refractivity contribution in [2.75, 3.05) is 24.5 Å². The van der Waals surface area contributed by atoms with Gasteiger partial charge in [-0.25, -0.2) is 8.42 Å². The van der Waals surface area contributed by atoms with Gasteiger partial charge in [0.2, 0.25) is 0 Å². The lowest BCUT2D eigenvalue weighted by Gasteiger charge is -2.12. The third kappa shape index (κ3) is 6.96. The van der Waals surface area contributed by atoms with Gasteiger partial charge in [-0.15, -0.1) is 0 Å². The molecule has 31 heavy (non-hydrogen) atoms. The zero-order valence-electron chi connectivity index (χ0n) is 16.6. The van der Waals surface area contributed by atoms with Crippen LogP contribution in [0.4, 0.5) is 18.9 Å². The van der Waals surface area contributed by atoms with Gasteiger partial charge in [-0.1, -0.05) is 6.07 Å². The Morgan fingerprint density at radius 1 is 1.10 bits per heavy atom. The molecule has 0 spiro atoms. The summed E-state index contributed by atoms with van der Waals surface area (Å²) >= 11 is 0. The van der Waals surface area contributed by atoms with E-state index in [1.54, 1.807) is 0 Å². The number of alkyl halides is 3. The van der Waals surface area contributed by atoms with Crippen LogP contribution in [-0.4, -0.2) is 34.1 Å². The highest BCUT2D eigenvalue weighted by molar-refractivity contribution is 7.92. The first-order valence-electron chi connectivity index (χ1n) is 9.81. The van der Waals surface area contributed by atoms with E-state index in [9.17, 15) is 26.4 Å². The van der Waals surface area contributed by atoms with Gasteiger partial charge in [-0.3, -0.25) is 9.52 Å². The molecule has 168 valence electrons. The minimum absolute atomic E-state index is 0.171. The summed E-state index contributed by atoms with van der Waals surface area (Å²) in [7, 11) is -4.11. The van der Waals surface area contributed by atoms with Crippen LogP contribution in [0.1, 0.15) is 35.2 Å². The van der Waals surface area contributed by atoms with E-state index in [0.717, 1.165) is 18.7 Å². The van der Waals surface area contributed by atoms with Crippen LogP contribution in [0.2, 0.25) is 0 Å². The van der Waals surface area contributed by atoms with Gasteiger partial charge in [0.25, 0.3) is 15.9 Å². The minimum Gasteiger partial charge on any atom is -0.381 e. The second kappa shape index (κ2) is 9.69. The van der Waals surface area contributed by atoms with Crippen molar-refractivity contribution in [1.29, 1.82) is 0 Å². The molecule has 1 amide bonds. The SMILES string of the molecule is O=C(NCCCOCC1CC1)c1ccc(S(=O)(=O)Nc2cccc(C(F)(F)F)c2)cc1. The fourth-order valence-corrected chi connectivity index (χ4v) is 3.82. The number of sulfonamides is 1. The van der Waals surface area contributed by atoms with Crippen LogP contribution in [-0.2, 0) is 20.9 Å². The Morgan fingerprint density at radius 3 is 2.45 bits per heavy atom. The van der Waals surface area contributed by atoms with E-state index in [0.29, 0.717) is 31.6 Å². The first kappa shape index (κ1) is 23.1. The van der Waals surface area contributed by atoms with Crippen molar-refractivity contribution in [3.05, 3.63) is 59.7 Å². The fraction of sp³-hybridized carbons (Fsp3) is 0.381. The van der Waals surface area contributed by atoms with Gasteiger partial charge < -0.3 is 10.1 Å². The highest BCUT2D eigenvalue weighted by Crippen LogP contribution is 2.31. The molecule has 2 aromatic carbocycles. The number of hydrogen-bond acceptors (Lipinski definition) is 4. The maximum absolute atomic E-state index is 12.8. The molecule has 0 bridgehead atoms. The van der Waals surface area contributed by atoms with Gasteiger partial charge in [0.05, 0.1) is 10.5 Å². The first-order chi connectivity index (χ1) is 14.6. The highest BCUT2D eigenvalue weighted by atomic mass is 32.2. The summed E-state index contributed by atoms with van der Waals surface area (Å²) in [5.74, 6) is 0.337. The van der Waals surface area contributed by atoms with E-state index in [2.05, 4.69) is 10.0 Å². The quantitative estimate of drug-likeness (QED) is 0.529. The summed E-state index contributed by atoms with van der Waals surface area (Å²) in [6.45, 7) is 1.76. The summed E-state index contributed by atoms with van der Waals surface area (Å²) in [6.07, 6.45) is -1.47. The lowest BCUT2D eigenvalue weighted by molar-refractivity contribution is -0.137. The van der Waals surface area contributed by atoms with Crippen LogP contribution in [0.15, 0.2) is 53.4 Å². The van der Waals surface area contributed by atoms with Crippen LogP contribution in [0.25, 0.3) is 0 Å². The van der Waals surface area contributed by atoms with E-state index in [4.69, 9.17) is 4.74 Å². The van der Waals surface area contributed by atoms with E-state index in [-0.39, 0.29) is 22.1 Å². The van der Waals surface area contributed by atoms with E-state index in [1.165, 1.54) is 43.2 Å². The number of ether oxygens (including phenoxy) is 1. The zero-order valence-corrected chi connectivity index (χ0v) is 17.4. The van der Waals surface area contributed by atoms with Crippen LogP contribution in [0, 0.1) is 5.92 Å². The van der Waals surface area contributed by atoms with Crippen LogP contribution in [0.5, 0.6) is 0 Å². The first-order valence-corrected chi connectivity index (χ1v) is 11.3. The van der Waals surface area contributed by atoms with E-state index < -0.39 is 21.8 Å². The van der Waals surface area contributed by atoms with Crippen molar-refractivity contribution in [2.24, 2.45) is 5.92 Å². The van der Waals surface area contributed by atoms with Crippen molar-refractivity contribution in [1.82, 2.24) is 5.32 Å². The number of halogens is 3. The zero-order chi connectivity index (χ0) is 22.5. The Kier molecular flexibility index (Phi) is 7.22. The molecule has 0 unspecified atom stereocenters. The molecule has 0 radical (unpaired) electrons. The molecule has 1 aliphatic carbocycles. The van der Waals surface area contributed by atoms with Crippen LogP contribution in [0.3, 0.4) is 0 Å². The minimum atomic E-state index is -4.58. The normalized spacial score (nSPS) is 14.3. The van der Waals surface area contributed by atoms with Crippen molar-refractivity contribution < 1.29 is 31.1 Å². The Labute approximate surface area is 178 Å². The molecular formula is C21H23F3N2O4S. The fourth-order valence-electron chi connectivity index (χ4n) is 2.77. The van der Waals surface area contributed by atoms with Crippen molar-refractivity contribution in [3.63, 3.8) is 0 Å². The van der Waals surface area contributed by atoms with Crippen molar-refractivity contribution in [2.45, 2.75) is 30.3 Å². The van der Waals surface area contributed by atoms with Gasteiger partial charge >= 0.3 is 6.18 Å². The molecule has 0 atom stereocenters. The Bertz CT molecular complexity index is 1000. The molecule has 0 saturated heterocycles. The van der Waals surface area contributed by atoms with Gasteiger partial charge in [0.15, 0.2) is 0 Å². The molecule has 1 saturated carbocycles.